The molecule has 1 amide bonds. The van der Waals surface area contributed by atoms with E-state index >= 15 is 0 Å². The van der Waals surface area contributed by atoms with E-state index in [1.165, 1.54) is 0 Å². The Hall–Kier alpha value is -1.32. The minimum atomic E-state index is 0.0186. The fourth-order valence-corrected chi connectivity index (χ4v) is 3.29. The molecule has 0 radical (unpaired) electrons. The molecule has 0 aliphatic carbocycles. The summed E-state index contributed by atoms with van der Waals surface area (Å²) in [5, 5.41) is 3.66. The summed E-state index contributed by atoms with van der Waals surface area (Å²) >= 11 is 9.80. The molecule has 0 spiro atoms. The first-order chi connectivity index (χ1) is 10.1. The third-order valence-electron chi connectivity index (χ3n) is 3.83. The van der Waals surface area contributed by atoms with Gasteiger partial charge in [-0.2, -0.15) is 0 Å². The van der Waals surface area contributed by atoms with Crippen molar-refractivity contribution in [1.29, 1.82) is 0 Å². The lowest BCUT2D eigenvalue weighted by atomic mass is 9.95. The monoisotopic (exact) mass is 363 g/mol. The van der Waals surface area contributed by atoms with Crippen LogP contribution in [0.25, 0.3) is 0 Å². The fourth-order valence-electron chi connectivity index (χ4n) is 2.61. The van der Waals surface area contributed by atoms with E-state index in [9.17, 15) is 4.79 Å². The van der Waals surface area contributed by atoms with Crippen molar-refractivity contribution in [3.05, 3.63) is 69.2 Å². The number of alkyl halides is 1. The summed E-state index contributed by atoms with van der Waals surface area (Å²) in [4.78, 5) is 12.0. The van der Waals surface area contributed by atoms with Crippen LogP contribution in [-0.4, -0.2) is 12.5 Å². The van der Waals surface area contributed by atoms with E-state index in [1.807, 2.05) is 25.1 Å². The number of hydrogen-bond acceptors (Lipinski definition) is 1. The van der Waals surface area contributed by atoms with Crippen LogP contribution in [0.2, 0.25) is 5.02 Å². The third-order valence-corrected chi connectivity index (χ3v) is 5.31. The molecule has 1 heterocycles. The first kappa shape index (κ1) is 14.6. The Bertz CT molecular complexity index is 714. The van der Waals surface area contributed by atoms with Gasteiger partial charge in [-0.15, -0.1) is 0 Å². The molecule has 2 aromatic rings. The molecule has 2 aromatic carbocycles. The van der Waals surface area contributed by atoms with Gasteiger partial charge in [0.25, 0.3) is 5.91 Å². The van der Waals surface area contributed by atoms with Crippen molar-refractivity contribution in [2.24, 2.45) is 0 Å². The number of nitrogens with one attached hydrogen (secondary N) is 1. The highest BCUT2D eigenvalue weighted by atomic mass is 79.9. The number of carbonyl (C=O) groups excluding carboxylic acids is 1. The third kappa shape index (κ3) is 2.85. The molecule has 0 aromatic heterocycles. The number of hydrogen-bond donors (Lipinski definition) is 1. The van der Waals surface area contributed by atoms with Gasteiger partial charge in [-0.25, -0.2) is 0 Å². The summed E-state index contributed by atoms with van der Waals surface area (Å²) in [6.07, 6.45) is 0.897. The van der Waals surface area contributed by atoms with Crippen molar-refractivity contribution in [3.63, 3.8) is 0 Å². The van der Waals surface area contributed by atoms with Crippen LogP contribution >= 0.6 is 27.5 Å². The minimum absolute atomic E-state index is 0.0186. The van der Waals surface area contributed by atoms with E-state index in [4.69, 9.17) is 11.6 Å². The average molecular weight is 365 g/mol. The lowest BCUT2D eigenvalue weighted by Crippen LogP contribution is -2.31. The molecular weight excluding hydrogens is 350 g/mol. The molecule has 1 N–H and O–H groups in total. The molecule has 0 bridgehead atoms. The number of aryl methyl sites for hydroxylation is 1. The van der Waals surface area contributed by atoms with Crippen molar-refractivity contribution in [2.45, 2.75) is 18.2 Å². The first-order valence-corrected chi connectivity index (χ1v) is 8.17. The highest BCUT2D eigenvalue weighted by Gasteiger charge is 2.19. The Morgan fingerprint density at radius 1 is 1.19 bits per heavy atom. The lowest BCUT2D eigenvalue weighted by Gasteiger charge is -2.19. The van der Waals surface area contributed by atoms with Crippen LogP contribution in [0.15, 0.2) is 36.4 Å². The molecule has 21 heavy (non-hydrogen) atoms. The second kappa shape index (κ2) is 5.82. The summed E-state index contributed by atoms with van der Waals surface area (Å²) in [6, 6.07) is 12.1. The summed E-state index contributed by atoms with van der Waals surface area (Å²) in [6.45, 7) is 2.71. The van der Waals surface area contributed by atoms with Crippen LogP contribution in [0.4, 0.5) is 0 Å². The number of carbonyl (C=O) groups is 1. The van der Waals surface area contributed by atoms with Gasteiger partial charge in [-0.3, -0.25) is 4.79 Å². The van der Waals surface area contributed by atoms with Crippen LogP contribution < -0.4 is 5.32 Å². The zero-order valence-electron chi connectivity index (χ0n) is 11.6. The SMILES string of the molecule is Cc1cc(C(Br)c2ccc3c(c2)C(=O)NCC3)ccc1Cl. The first-order valence-electron chi connectivity index (χ1n) is 6.87. The van der Waals surface area contributed by atoms with Gasteiger partial charge in [0.2, 0.25) is 0 Å². The Morgan fingerprint density at radius 3 is 2.67 bits per heavy atom. The molecule has 1 aliphatic rings. The second-order valence-electron chi connectivity index (χ2n) is 5.29. The largest absolute Gasteiger partial charge is 0.352 e. The van der Waals surface area contributed by atoms with Gasteiger partial charge in [0.05, 0.1) is 4.83 Å². The van der Waals surface area contributed by atoms with Gasteiger partial charge >= 0.3 is 0 Å². The molecule has 1 unspecified atom stereocenters. The van der Waals surface area contributed by atoms with Gasteiger partial charge in [0.15, 0.2) is 0 Å². The van der Waals surface area contributed by atoms with Crippen molar-refractivity contribution in [3.8, 4) is 0 Å². The van der Waals surface area contributed by atoms with E-state index in [0.29, 0.717) is 0 Å². The molecule has 1 atom stereocenters. The molecule has 2 nitrogen and oxygen atoms in total. The van der Waals surface area contributed by atoms with Gasteiger partial charge in [-0.05, 0) is 47.7 Å². The molecule has 3 rings (SSSR count). The van der Waals surface area contributed by atoms with Crippen LogP contribution in [0.3, 0.4) is 0 Å². The minimum Gasteiger partial charge on any atom is -0.352 e. The fraction of sp³-hybridized carbons (Fsp3) is 0.235. The molecule has 4 heteroatoms. The van der Waals surface area contributed by atoms with E-state index in [-0.39, 0.29) is 10.7 Å². The van der Waals surface area contributed by atoms with Crippen molar-refractivity contribution in [1.82, 2.24) is 5.32 Å². The number of rotatable bonds is 2. The zero-order valence-corrected chi connectivity index (χ0v) is 14.0. The molecule has 0 saturated carbocycles. The average Bonchev–Trinajstić information content (AvgIpc) is 2.49. The summed E-state index contributed by atoms with van der Waals surface area (Å²) in [7, 11) is 0. The van der Waals surface area contributed by atoms with Crippen LogP contribution in [0.5, 0.6) is 0 Å². The standard InChI is InChI=1S/C17H15BrClNO/c1-10-8-12(4-5-15(10)19)16(18)13-3-2-11-6-7-20-17(21)14(11)9-13/h2-5,8-9,16H,6-7H2,1H3,(H,20,21). The van der Waals surface area contributed by atoms with Crippen LogP contribution in [-0.2, 0) is 6.42 Å². The van der Waals surface area contributed by atoms with Crippen molar-refractivity contribution < 1.29 is 4.79 Å². The number of fused-ring (bicyclic) bond motifs is 1. The van der Waals surface area contributed by atoms with Gasteiger partial charge in [0, 0.05) is 17.1 Å². The summed E-state index contributed by atoms with van der Waals surface area (Å²) < 4.78 is 0. The van der Waals surface area contributed by atoms with Crippen LogP contribution in [0, 0.1) is 6.92 Å². The Kier molecular flexibility index (Phi) is 4.05. The maximum absolute atomic E-state index is 12.0. The van der Waals surface area contributed by atoms with Gasteiger partial charge < -0.3 is 5.32 Å². The molecule has 1 aliphatic heterocycles. The maximum atomic E-state index is 12.0. The molecular formula is C17H15BrClNO. The zero-order chi connectivity index (χ0) is 15.0. The summed E-state index contributed by atoms with van der Waals surface area (Å²) in [5.74, 6) is 0.0186. The smallest absolute Gasteiger partial charge is 0.251 e. The predicted octanol–water partition coefficient (Wildman–Crippen LogP) is 4.42. The highest BCUT2D eigenvalue weighted by molar-refractivity contribution is 9.09. The van der Waals surface area contributed by atoms with E-state index in [1.54, 1.807) is 0 Å². The lowest BCUT2D eigenvalue weighted by molar-refractivity contribution is 0.0946. The van der Waals surface area contributed by atoms with E-state index < -0.39 is 0 Å². The topological polar surface area (TPSA) is 29.1 Å². The number of halogens is 2. The van der Waals surface area contributed by atoms with Crippen molar-refractivity contribution >= 4 is 33.4 Å². The Morgan fingerprint density at radius 2 is 1.90 bits per heavy atom. The van der Waals surface area contributed by atoms with E-state index in [2.05, 4.69) is 39.4 Å². The second-order valence-corrected chi connectivity index (χ2v) is 6.62. The molecule has 0 fully saturated rings. The summed E-state index contributed by atoms with van der Waals surface area (Å²) in [5.41, 5.74) is 5.17. The maximum Gasteiger partial charge on any atom is 0.251 e. The van der Waals surface area contributed by atoms with Gasteiger partial charge in [0.1, 0.15) is 0 Å². The van der Waals surface area contributed by atoms with Crippen LogP contribution in [0.1, 0.15) is 37.4 Å². The van der Waals surface area contributed by atoms with E-state index in [0.717, 1.165) is 45.8 Å². The Labute approximate surface area is 137 Å². The molecule has 0 saturated heterocycles. The molecule has 108 valence electrons. The number of amides is 1. The highest BCUT2D eigenvalue weighted by Crippen LogP contribution is 2.34. The number of benzene rings is 2. The predicted molar refractivity (Wildman–Crippen MR) is 89.4 cm³/mol. The quantitative estimate of drug-likeness (QED) is 0.785. The normalized spacial score (nSPS) is 15.3. The van der Waals surface area contributed by atoms with Gasteiger partial charge in [-0.1, -0.05) is 51.8 Å². The Balaban J connectivity index is 1.98. The van der Waals surface area contributed by atoms with Crippen molar-refractivity contribution in [2.75, 3.05) is 6.54 Å².